The summed E-state index contributed by atoms with van der Waals surface area (Å²) in [4.78, 5) is 14.7. The molecule has 13 heavy (non-hydrogen) atoms. The van der Waals surface area contributed by atoms with Gasteiger partial charge in [0.05, 0.1) is 0 Å². The standard InChI is InChI=1S/C9H10N2O2/c12-9(13)8-3-7-4-10-2-1-6(7)5-11-8/h1-2,4,8,11H,3,5H2,(H,12,13)/t8-/m1/s1. The van der Waals surface area contributed by atoms with E-state index >= 15 is 0 Å². The SMILES string of the molecule is O=C(O)[C@H]1Cc2cnccc2CN1. The molecule has 4 heteroatoms. The van der Waals surface area contributed by atoms with Gasteiger partial charge < -0.3 is 10.4 Å². The van der Waals surface area contributed by atoms with Gasteiger partial charge in [0.15, 0.2) is 0 Å². The van der Waals surface area contributed by atoms with E-state index in [1.807, 2.05) is 6.07 Å². The Bertz CT molecular complexity index is 338. The molecule has 0 spiro atoms. The Balaban J connectivity index is 2.24. The van der Waals surface area contributed by atoms with Gasteiger partial charge in [-0.1, -0.05) is 0 Å². The maximum absolute atomic E-state index is 10.7. The fraction of sp³-hybridized carbons (Fsp3) is 0.333. The van der Waals surface area contributed by atoms with E-state index in [0.717, 1.165) is 11.1 Å². The second-order valence-corrected chi connectivity index (χ2v) is 3.12. The lowest BCUT2D eigenvalue weighted by Gasteiger charge is -2.22. The average molecular weight is 178 g/mol. The molecule has 2 rings (SSSR count). The Hall–Kier alpha value is -1.42. The lowest BCUT2D eigenvalue weighted by molar-refractivity contribution is -0.139. The number of hydrogen-bond donors (Lipinski definition) is 2. The third-order valence-corrected chi connectivity index (χ3v) is 2.27. The number of carbonyl (C=O) groups is 1. The number of nitrogens with zero attached hydrogens (tertiary/aromatic N) is 1. The highest BCUT2D eigenvalue weighted by Gasteiger charge is 2.22. The van der Waals surface area contributed by atoms with Crippen LogP contribution in [0.15, 0.2) is 18.5 Å². The zero-order valence-corrected chi connectivity index (χ0v) is 7.03. The van der Waals surface area contributed by atoms with Crippen LogP contribution in [0.5, 0.6) is 0 Å². The summed E-state index contributed by atoms with van der Waals surface area (Å²) in [5.41, 5.74) is 2.18. The van der Waals surface area contributed by atoms with Crippen LogP contribution in [0.4, 0.5) is 0 Å². The minimum atomic E-state index is -0.797. The highest BCUT2D eigenvalue weighted by molar-refractivity contribution is 5.74. The van der Waals surface area contributed by atoms with Gasteiger partial charge in [-0.15, -0.1) is 0 Å². The summed E-state index contributed by atoms with van der Waals surface area (Å²) in [7, 11) is 0. The van der Waals surface area contributed by atoms with Crippen molar-refractivity contribution in [1.82, 2.24) is 10.3 Å². The van der Waals surface area contributed by atoms with Crippen LogP contribution in [0, 0.1) is 0 Å². The van der Waals surface area contributed by atoms with Crippen molar-refractivity contribution < 1.29 is 9.90 Å². The Morgan fingerprint density at radius 3 is 3.23 bits per heavy atom. The van der Waals surface area contributed by atoms with Gasteiger partial charge in [-0.2, -0.15) is 0 Å². The van der Waals surface area contributed by atoms with Gasteiger partial charge in [0, 0.05) is 25.4 Å². The maximum atomic E-state index is 10.7. The number of aliphatic carboxylic acids is 1. The molecule has 1 aromatic heterocycles. The quantitative estimate of drug-likeness (QED) is 0.644. The highest BCUT2D eigenvalue weighted by Crippen LogP contribution is 2.14. The summed E-state index contributed by atoms with van der Waals surface area (Å²) in [6.45, 7) is 0.620. The lowest BCUT2D eigenvalue weighted by atomic mass is 9.98. The predicted octanol–water partition coefficient (Wildman–Crippen LogP) is 0.181. The first kappa shape index (κ1) is 8.19. The normalized spacial score (nSPS) is 20.8. The first-order valence-corrected chi connectivity index (χ1v) is 4.15. The molecule has 0 saturated carbocycles. The van der Waals surface area contributed by atoms with Crippen molar-refractivity contribution in [1.29, 1.82) is 0 Å². The van der Waals surface area contributed by atoms with Gasteiger partial charge >= 0.3 is 5.97 Å². The largest absolute Gasteiger partial charge is 0.480 e. The molecule has 2 N–H and O–H groups in total. The van der Waals surface area contributed by atoms with Gasteiger partial charge in [-0.3, -0.25) is 9.78 Å². The van der Waals surface area contributed by atoms with Gasteiger partial charge in [0.2, 0.25) is 0 Å². The molecule has 0 saturated heterocycles. The van der Waals surface area contributed by atoms with Crippen molar-refractivity contribution in [3.63, 3.8) is 0 Å². The second-order valence-electron chi connectivity index (χ2n) is 3.12. The van der Waals surface area contributed by atoms with Crippen molar-refractivity contribution >= 4 is 5.97 Å². The molecular weight excluding hydrogens is 168 g/mol. The van der Waals surface area contributed by atoms with Gasteiger partial charge in [0.1, 0.15) is 6.04 Å². The fourth-order valence-corrected chi connectivity index (χ4v) is 1.51. The summed E-state index contributed by atoms with van der Waals surface area (Å²) in [6.07, 6.45) is 3.99. The molecular formula is C9H10N2O2. The molecule has 0 bridgehead atoms. The Labute approximate surface area is 75.6 Å². The summed E-state index contributed by atoms with van der Waals surface area (Å²) in [6, 6.07) is 1.46. The summed E-state index contributed by atoms with van der Waals surface area (Å²) < 4.78 is 0. The minimum absolute atomic E-state index is 0.461. The van der Waals surface area contributed by atoms with Crippen molar-refractivity contribution in [3.05, 3.63) is 29.6 Å². The number of fused-ring (bicyclic) bond motifs is 1. The third-order valence-electron chi connectivity index (χ3n) is 2.27. The number of rotatable bonds is 1. The molecule has 1 aliphatic heterocycles. The summed E-state index contributed by atoms with van der Waals surface area (Å²) >= 11 is 0. The van der Waals surface area contributed by atoms with Crippen molar-refractivity contribution in [2.75, 3.05) is 0 Å². The fourth-order valence-electron chi connectivity index (χ4n) is 1.51. The molecule has 2 heterocycles. The van der Waals surface area contributed by atoms with E-state index in [1.54, 1.807) is 12.4 Å². The molecule has 1 atom stereocenters. The minimum Gasteiger partial charge on any atom is -0.480 e. The molecule has 0 fully saturated rings. The van der Waals surface area contributed by atoms with Crippen LogP contribution in [0.1, 0.15) is 11.1 Å². The molecule has 0 unspecified atom stereocenters. The third kappa shape index (κ3) is 1.53. The maximum Gasteiger partial charge on any atom is 0.321 e. The Morgan fingerprint density at radius 2 is 2.46 bits per heavy atom. The van der Waals surface area contributed by atoms with E-state index < -0.39 is 12.0 Å². The van der Waals surface area contributed by atoms with Gasteiger partial charge in [0.25, 0.3) is 0 Å². The van der Waals surface area contributed by atoms with E-state index in [-0.39, 0.29) is 0 Å². The first-order valence-electron chi connectivity index (χ1n) is 4.15. The van der Waals surface area contributed by atoms with Crippen molar-refractivity contribution in [2.24, 2.45) is 0 Å². The van der Waals surface area contributed by atoms with Gasteiger partial charge in [-0.05, 0) is 17.2 Å². The van der Waals surface area contributed by atoms with E-state index in [4.69, 9.17) is 5.11 Å². The van der Waals surface area contributed by atoms with E-state index in [2.05, 4.69) is 10.3 Å². The smallest absolute Gasteiger partial charge is 0.321 e. The molecule has 0 aromatic carbocycles. The lowest BCUT2D eigenvalue weighted by Crippen LogP contribution is -2.41. The number of hydrogen-bond acceptors (Lipinski definition) is 3. The van der Waals surface area contributed by atoms with Crippen LogP contribution in [0.3, 0.4) is 0 Å². The van der Waals surface area contributed by atoms with Crippen molar-refractivity contribution in [2.45, 2.75) is 19.0 Å². The predicted molar refractivity (Wildman–Crippen MR) is 46.2 cm³/mol. The topological polar surface area (TPSA) is 62.2 Å². The number of nitrogens with one attached hydrogen (secondary N) is 1. The highest BCUT2D eigenvalue weighted by atomic mass is 16.4. The summed E-state index contributed by atoms with van der Waals surface area (Å²) in [5, 5.41) is 11.7. The number of carboxylic acid groups (broad SMARTS) is 1. The van der Waals surface area contributed by atoms with E-state index in [1.165, 1.54) is 0 Å². The molecule has 1 aromatic rings. The van der Waals surface area contributed by atoms with Crippen LogP contribution in [0.25, 0.3) is 0 Å². The van der Waals surface area contributed by atoms with E-state index in [9.17, 15) is 4.79 Å². The second kappa shape index (κ2) is 3.14. The number of pyridine rings is 1. The average Bonchev–Trinajstić information content (AvgIpc) is 2.17. The number of aromatic nitrogens is 1. The van der Waals surface area contributed by atoms with Crippen LogP contribution in [-0.4, -0.2) is 22.1 Å². The molecule has 0 radical (unpaired) electrons. The Morgan fingerprint density at radius 1 is 1.62 bits per heavy atom. The molecule has 68 valence electrons. The first-order chi connectivity index (χ1) is 6.27. The molecule has 0 amide bonds. The zero-order valence-electron chi connectivity index (χ0n) is 7.03. The van der Waals surface area contributed by atoms with E-state index in [0.29, 0.717) is 13.0 Å². The van der Waals surface area contributed by atoms with Crippen LogP contribution < -0.4 is 5.32 Å². The molecule has 4 nitrogen and oxygen atoms in total. The number of carboxylic acids is 1. The van der Waals surface area contributed by atoms with Crippen LogP contribution >= 0.6 is 0 Å². The Kier molecular flexibility index (Phi) is 1.98. The van der Waals surface area contributed by atoms with Crippen LogP contribution in [-0.2, 0) is 17.8 Å². The molecule has 1 aliphatic rings. The molecule has 0 aliphatic carbocycles. The van der Waals surface area contributed by atoms with Crippen LogP contribution in [0.2, 0.25) is 0 Å². The monoisotopic (exact) mass is 178 g/mol. The zero-order chi connectivity index (χ0) is 9.26. The summed E-state index contributed by atoms with van der Waals surface area (Å²) in [5.74, 6) is -0.797. The van der Waals surface area contributed by atoms with Gasteiger partial charge in [-0.25, -0.2) is 0 Å². The van der Waals surface area contributed by atoms with Crippen molar-refractivity contribution in [3.8, 4) is 0 Å².